The lowest BCUT2D eigenvalue weighted by Crippen LogP contribution is -2.30. The van der Waals surface area contributed by atoms with Crippen molar-refractivity contribution in [1.29, 1.82) is 0 Å². The summed E-state index contributed by atoms with van der Waals surface area (Å²) in [5.74, 6) is 0.886. The van der Waals surface area contributed by atoms with Gasteiger partial charge < -0.3 is 4.52 Å². The summed E-state index contributed by atoms with van der Waals surface area (Å²) >= 11 is 3.33. The van der Waals surface area contributed by atoms with Gasteiger partial charge in [0.1, 0.15) is 0 Å². The van der Waals surface area contributed by atoms with Gasteiger partial charge in [-0.25, -0.2) is 8.42 Å². The third-order valence-electron chi connectivity index (χ3n) is 4.09. The van der Waals surface area contributed by atoms with Crippen LogP contribution in [0.4, 0.5) is 0 Å². The van der Waals surface area contributed by atoms with Crippen LogP contribution in [0.2, 0.25) is 0 Å². The quantitative estimate of drug-likeness (QED) is 0.777. The van der Waals surface area contributed by atoms with E-state index >= 15 is 0 Å². The Balaban J connectivity index is 1.92. The van der Waals surface area contributed by atoms with Crippen LogP contribution in [0.3, 0.4) is 0 Å². The Kier molecular flexibility index (Phi) is 4.62. The van der Waals surface area contributed by atoms with Crippen molar-refractivity contribution in [1.82, 2.24) is 9.46 Å². The average Bonchev–Trinajstić information content (AvgIpc) is 3.16. The van der Waals surface area contributed by atoms with Crippen LogP contribution in [0, 0.1) is 0 Å². The standard InChI is InChI=1S/C16H19BrN2O3S/c1-11(2)14-10-16(22-18-14)15-4-3-9-19(15)23(20,21)13-7-5-12(17)6-8-13/h5-8,10-11,15H,3-4,9H2,1-2H3. The fraction of sp³-hybridized carbons (Fsp3) is 0.438. The smallest absolute Gasteiger partial charge is 0.243 e. The first-order valence-electron chi connectivity index (χ1n) is 7.63. The van der Waals surface area contributed by atoms with Gasteiger partial charge in [0.2, 0.25) is 10.0 Å². The van der Waals surface area contributed by atoms with Gasteiger partial charge in [-0.1, -0.05) is 34.9 Å². The Bertz CT molecular complexity index is 784. The van der Waals surface area contributed by atoms with Gasteiger partial charge in [-0.3, -0.25) is 0 Å². The monoisotopic (exact) mass is 398 g/mol. The molecule has 1 saturated heterocycles. The van der Waals surface area contributed by atoms with Gasteiger partial charge >= 0.3 is 0 Å². The molecule has 5 nitrogen and oxygen atoms in total. The van der Waals surface area contributed by atoms with Crippen LogP contribution in [-0.2, 0) is 10.0 Å². The van der Waals surface area contributed by atoms with Crippen molar-refractivity contribution in [2.75, 3.05) is 6.54 Å². The van der Waals surface area contributed by atoms with Gasteiger partial charge in [-0.05, 0) is 43.0 Å². The van der Waals surface area contributed by atoms with Crippen molar-refractivity contribution < 1.29 is 12.9 Å². The largest absolute Gasteiger partial charge is 0.359 e. The average molecular weight is 399 g/mol. The lowest BCUT2D eigenvalue weighted by atomic mass is 10.1. The zero-order valence-electron chi connectivity index (χ0n) is 13.1. The molecule has 0 amide bonds. The van der Waals surface area contributed by atoms with Gasteiger partial charge in [0, 0.05) is 17.1 Å². The SMILES string of the molecule is CC(C)c1cc(C2CCCN2S(=O)(=O)c2ccc(Br)cc2)on1. The van der Waals surface area contributed by atoms with Crippen molar-refractivity contribution in [2.45, 2.75) is 43.5 Å². The first kappa shape index (κ1) is 16.7. The summed E-state index contributed by atoms with van der Waals surface area (Å²) in [6, 6.07) is 8.32. The lowest BCUT2D eigenvalue weighted by Gasteiger charge is -2.22. The van der Waals surface area contributed by atoms with E-state index in [2.05, 4.69) is 21.1 Å². The van der Waals surface area contributed by atoms with Crippen molar-refractivity contribution in [3.05, 3.63) is 46.3 Å². The highest BCUT2D eigenvalue weighted by molar-refractivity contribution is 9.10. The number of aromatic nitrogens is 1. The second kappa shape index (κ2) is 6.37. The van der Waals surface area contributed by atoms with Gasteiger partial charge in [0.05, 0.1) is 16.6 Å². The molecule has 1 aromatic carbocycles. The number of nitrogens with zero attached hydrogens (tertiary/aromatic N) is 2. The molecule has 3 rings (SSSR count). The molecule has 1 aromatic heterocycles. The molecule has 0 radical (unpaired) electrons. The summed E-state index contributed by atoms with van der Waals surface area (Å²) in [5, 5.41) is 4.06. The Morgan fingerprint density at radius 3 is 2.61 bits per heavy atom. The summed E-state index contributed by atoms with van der Waals surface area (Å²) in [5.41, 5.74) is 0.855. The molecule has 23 heavy (non-hydrogen) atoms. The fourth-order valence-corrected chi connectivity index (χ4v) is 4.72. The maximum atomic E-state index is 12.9. The Morgan fingerprint density at radius 2 is 2.00 bits per heavy atom. The van der Waals surface area contributed by atoms with E-state index in [0.29, 0.717) is 17.2 Å². The fourth-order valence-electron chi connectivity index (χ4n) is 2.79. The van der Waals surface area contributed by atoms with Crippen LogP contribution in [0.25, 0.3) is 0 Å². The molecule has 1 aliphatic rings. The Morgan fingerprint density at radius 1 is 1.30 bits per heavy atom. The van der Waals surface area contributed by atoms with E-state index in [-0.39, 0.29) is 12.0 Å². The Hall–Kier alpha value is -1.18. The minimum Gasteiger partial charge on any atom is -0.359 e. The minimum atomic E-state index is -3.54. The van der Waals surface area contributed by atoms with Crippen LogP contribution in [-0.4, -0.2) is 24.4 Å². The summed E-state index contributed by atoms with van der Waals surface area (Å²) < 4.78 is 33.6. The highest BCUT2D eigenvalue weighted by Crippen LogP contribution is 2.37. The number of hydrogen-bond donors (Lipinski definition) is 0. The van der Waals surface area contributed by atoms with Crippen molar-refractivity contribution in [2.24, 2.45) is 0 Å². The van der Waals surface area contributed by atoms with E-state index in [1.807, 2.05) is 19.9 Å². The number of hydrogen-bond acceptors (Lipinski definition) is 4. The molecule has 124 valence electrons. The molecular formula is C16H19BrN2O3S. The molecule has 0 spiro atoms. The van der Waals surface area contributed by atoms with Crippen LogP contribution in [0.1, 0.15) is 50.1 Å². The molecule has 1 aliphatic heterocycles. The molecule has 2 aromatic rings. The highest BCUT2D eigenvalue weighted by atomic mass is 79.9. The second-order valence-electron chi connectivity index (χ2n) is 6.04. The highest BCUT2D eigenvalue weighted by Gasteiger charge is 2.38. The van der Waals surface area contributed by atoms with Gasteiger partial charge in [0.25, 0.3) is 0 Å². The molecule has 1 unspecified atom stereocenters. The van der Waals surface area contributed by atoms with E-state index in [9.17, 15) is 8.42 Å². The van der Waals surface area contributed by atoms with E-state index < -0.39 is 10.0 Å². The third kappa shape index (κ3) is 3.22. The minimum absolute atomic E-state index is 0.255. The van der Waals surface area contributed by atoms with Crippen LogP contribution >= 0.6 is 15.9 Å². The summed E-state index contributed by atoms with van der Waals surface area (Å²) in [6.07, 6.45) is 1.57. The van der Waals surface area contributed by atoms with Gasteiger partial charge in [-0.2, -0.15) is 4.31 Å². The molecule has 1 fully saturated rings. The molecule has 2 heterocycles. The number of rotatable bonds is 4. The Labute approximate surface area is 144 Å². The second-order valence-corrected chi connectivity index (χ2v) is 8.84. The first-order valence-corrected chi connectivity index (χ1v) is 9.87. The van der Waals surface area contributed by atoms with Crippen LogP contribution in [0.5, 0.6) is 0 Å². The van der Waals surface area contributed by atoms with Crippen LogP contribution in [0.15, 0.2) is 44.2 Å². The molecular weight excluding hydrogens is 380 g/mol. The van der Waals surface area contributed by atoms with Crippen molar-refractivity contribution >= 4 is 26.0 Å². The van der Waals surface area contributed by atoms with Crippen molar-refractivity contribution in [3.8, 4) is 0 Å². The van der Waals surface area contributed by atoms with E-state index in [0.717, 1.165) is 23.0 Å². The zero-order chi connectivity index (χ0) is 16.6. The normalized spacial score (nSPS) is 19.6. The van der Waals surface area contributed by atoms with Crippen LogP contribution < -0.4 is 0 Å². The number of benzene rings is 1. The molecule has 0 aliphatic carbocycles. The van der Waals surface area contributed by atoms with Gasteiger partial charge in [0.15, 0.2) is 5.76 Å². The zero-order valence-corrected chi connectivity index (χ0v) is 15.5. The molecule has 0 N–H and O–H groups in total. The molecule has 0 bridgehead atoms. The van der Waals surface area contributed by atoms with Gasteiger partial charge in [-0.15, -0.1) is 0 Å². The molecule has 0 saturated carbocycles. The molecule has 1 atom stereocenters. The maximum Gasteiger partial charge on any atom is 0.243 e. The molecule has 7 heteroatoms. The number of sulfonamides is 1. The predicted molar refractivity (Wildman–Crippen MR) is 90.6 cm³/mol. The summed E-state index contributed by atoms with van der Waals surface area (Å²) in [7, 11) is -3.54. The van der Waals surface area contributed by atoms with E-state index in [4.69, 9.17) is 4.52 Å². The third-order valence-corrected chi connectivity index (χ3v) is 6.54. The first-order chi connectivity index (χ1) is 10.9. The number of halogens is 1. The topological polar surface area (TPSA) is 63.4 Å². The predicted octanol–water partition coefficient (Wildman–Crippen LogP) is 4.09. The lowest BCUT2D eigenvalue weighted by molar-refractivity contribution is 0.295. The van der Waals surface area contributed by atoms with E-state index in [1.54, 1.807) is 24.3 Å². The summed E-state index contributed by atoms with van der Waals surface area (Å²) in [6.45, 7) is 4.57. The van der Waals surface area contributed by atoms with E-state index in [1.165, 1.54) is 4.31 Å². The summed E-state index contributed by atoms with van der Waals surface area (Å²) in [4.78, 5) is 0.302. The van der Waals surface area contributed by atoms with Crippen molar-refractivity contribution in [3.63, 3.8) is 0 Å². The maximum absolute atomic E-state index is 12.9.